The molecule has 1 atom stereocenters. The van der Waals surface area contributed by atoms with E-state index in [2.05, 4.69) is 30.9 Å². The van der Waals surface area contributed by atoms with Gasteiger partial charge in [0.15, 0.2) is 0 Å². The molecule has 2 heteroatoms. The van der Waals surface area contributed by atoms with Gasteiger partial charge in [0.05, 0.1) is 0 Å². The summed E-state index contributed by atoms with van der Waals surface area (Å²) in [6.07, 6.45) is 5.42. The van der Waals surface area contributed by atoms with Crippen molar-refractivity contribution in [2.24, 2.45) is 5.92 Å². The van der Waals surface area contributed by atoms with Crippen molar-refractivity contribution in [3.63, 3.8) is 0 Å². The number of likely N-dealkylation sites (tertiary alicyclic amines) is 1. The maximum absolute atomic E-state index is 6.07. The molecule has 18 heavy (non-hydrogen) atoms. The van der Waals surface area contributed by atoms with E-state index in [1.54, 1.807) is 0 Å². The molecule has 1 aliphatic rings. The summed E-state index contributed by atoms with van der Waals surface area (Å²) in [5.41, 5.74) is 9.62. The van der Waals surface area contributed by atoms with Gasteiger partial charge >= 0.3 is 0 Å². The predicted octanol–water partition coefficient (Wildman–Crippen LogP) is 3.59. The van der Waals surface area contributed by atoms with Crippen LogP contribution < -0.4 is 5.73 Å². The van der Waals surface area contributed by atoms with Crippen LogP contribution in [0.25, 0.3) is 0 Å². The Balaban J connectivity index is 1.98. The minimum Gasteiger partial charge on any atom is -0.398 e. The average molecular weight is 246 g/mol. The van der Waals surface area contributed by atoms with E-state index in [9.17, 15) is 0 Å². The molecule has 1 heterocycles. The number of benzene rings is 1. The quantitative estimate of drug-likeness (QED) is 0.826. The topological polar surface area (TPSA) is 29.3 Å². The standard InChI is InChI=1S/C16H26N2/c1-3-14-5-4-9-18(10-8-14)12-15-11-13(2)6-7-16(15)17/h6-7,11,14H,3-5,8-10,12,17H2,1-2H3. The lowest BCUT2D eigenvalue weighted by atomic mass is 9.98. The second-order valence-electron chi connectivity index (χ2n) is 5.68. The fraction of sp³-hybridized carbons (Fsp3) is 0.625. The van der Waals surface area contributed by atoms with Crippen molar-refractivity contribution in [1.82, 2.24) is 4.90 Å². The number of nitrogen functional groups attached to an aromatic ring is 1. The third-order valence-electron chi connectivity index (χ3n) is 4.21. The van der Waals surface area contributed by atoms with Crippen LogP contribution in [0.1, 0.15) is 43.7 Å². The monoisotopic (exact) mass is 246 g/mol. The molecular weight excluding hydrogens is 220 g/mol. The summed E-state index contributed by atoms with van der Waals surface area (Å²) < 4.78 is 0. The smallest absolute Gasteiger partial charge is 0.0359 e. The molecule has 0 aliphatic carbocycles. The van der Waals surface area contributed by atoms with Crippen molar-refractivity contribution in [2.75, 3.05) is 18.8 Å². The number of anilines is 1. The molecule has 0 spiro atoms. The Morgan fingerprint density at radius 3 is 2.89 bits per heavy atom. The number of aryl methyl sites for hydroxylation is 1. The van der Waals surface area contributed by atoms with Gasteiger partial charge in [-0.25, -0.2) is 0 Å². The lowest BCUT2D eigenvalue weighted by Gasteiger charge is -2.21. The van der Waals surface area contributed by atoms with Crippen LogP contribution >= 0.6 is 0 Å². The van der Waals surface area contributed by atoms with E-state index in [-0.39, 0.29) is 0 Å². The minimum atomic E-state index is 0.935. The zero-order valence-corrected chi connectivity index (χ0v) is 11.8. The number of hydrogen-bond donors (Lipinski definition) is 1. The third kappa shape index (κ3) is 3.49. The highest BCUT2D eigenvalue weighted by molar-refractivity contribution is 5.48. The van der Waals surface area contributed by atoms with Gasteiger partial charge in [-0.3, -0.25) is 4.90 Å². The lowest BCUT2D eigenvalue weighted by Crippen LogP contribution is -2.24. The fourth-order valence-corrected chi connectivity index (χ4v) is 2.90. The van der Waals surface area contributed by atoms with Gasteiger partial charge in [0.1, 0.15) is 0 Å². The SMILES string of the molecule is CCC1CCCN(Cc2cc(C)ccc2N)CC1. The Labute approximate surface area is 111 Å². The van der Waals surface area contributed by atoms with Crippen molar-refractivity contribution < 1.29 is 0 Å². The largest absolute Gasteiger partial charge is 0.398 e. The number of rotatable bonds is 3. The van der Waals surface area contributed by atoms with Gasteiger partial charge in [-0.2, -0.15) is 0 Å². The summed E-state index contributed by atoms with van der Waals surface area (Å²) in [6, 6.07) is 6.36. The van der Waals surface area contributed by atoms with Gasteiger partial charge in [-0.1, -0.05) is 31.0 Å². The first-order valence-electron chi connectivity index (χ1n) is 7.26. The zero-order chi connectivity index (χ0) is 13.0. The minimum absolute atomic E-state index is 0.935. The van der Waals surface area contributed by atoms with E-state index < -0.39 is 0 Å². The van der Waals surface area contributed by atoms with Gasteiger partial charge in [0.2, 0.25) is 0 Å². The lowest BCUT2D eigenvalue weighted by molar-refractivity contribution is 0.272. The highest BCUT2D eigenvalue weighted by atomic mass is 15.1. The van der Waals surface area contributed by atoms with E-state index in [0.717, 1.165) is 18.2 Å². The predicted molar refractivity (Wildman–Crippen MR) is 78.5 cm³/mol. The first-order chi connectivity index (χ1) is 8.69. The highest BCUT2D eigenvalue weighted by Gasteiger charge is 2.16. The molecule has 100 valence electrons. The van der Waals surface area contributed by atoms with E-state index in [0.29, 0.717) is 0 Å². The Morgan fingerprint density at radius 1 is 1.28 bits per heavy atom. The van der Waals surface area contributed by atoms with Gasteiger partial charge in [-0.15, -0.1) is 0 Å². The molecule has 2 rings (SSSR count). The van der Waals surface area contributed by atoms with E-state index in [1.807, 2.05) is 6.07 Å². The number of hydrogen-bond acceptors (Lipinski definition) is 2. The summed E-state index contributed by atoms with van der Waals surface area (Å²) in [6.45, 7) is 7.93. The number of nitrogens with two attached hydrogens (primary N) is 1. The van der Waals surface area contributed by atoms with Gasteiger partial charge in [0, 0.05) is 12.2 Å². The first kappa shape index (κ1) is 13.4. The molecule has 2 nitrogen and oxygen atoms in total. The molecule has 1 aliphatic heterocycles. The molecule has 1 aromatic rings. The summed E-state index contributed by atoms with van der Waals surface area (Å²) in [7, 11) is 0. The Morgan fingerprint density at radius 2 is 2.11 bits per heavy atom. The summed E-state index contributed by atoms with van der Waals surface area (Å²) >= 11 is 0. The van der Waals surface area contributed by atoms with Gasteiger partial charge in [0.25, 0.3) is 0 Å². The van der Waals surface area contributed by atoms with Crippen LogP contribution in [-0.4, -0.2) is 18.0 Å². The van der Waals surface area contributed by atoms with Gasteiger partial charge < -0.3 is 5.73 Å². The van der Waals surface area contributed by atoms with Crippen molar-refractivity contribution in [1.29, 1.82) is 0 Å². The maximum Gasteiger partial charge on any atom is 0.0359 e. The molecule has 1 unspecified atom stereocenters. The second-order valence-corrected chi connectivity index (χ2v) is 5.68. The normalized spacial score (nSPS) is 21.8. The molecular formula is C16H26N2. The van der Waals surface area contributed by atoms with Crippen molar-refractivity contribution in [3.8, 4) is 0 Å². The Bertz CT molecular complexity index is 387. The average Bonchev–Trinajstić information content (AvgIpc) is 2.59. The molecule has 0 bridgehead atoms. The van der Waals surface area contributed by atoms with Crippen LogP contribution in [-0.2, 0) is 6.54 Å². The summed E-state index contributed by atoms with van der Waals surface area (Å²) in [5, 5.41) is 0. The van der Waals surface area contributed by atoms with Crippen molar-refractivity contribution >= 4 is 5.69 Å². The molecule has 1 aromatic carbocycles. The molecule has 1 saturated heterocycles. The van der Waals surface area contributed by atoms with Crippen LogP contribution in [0.3, 0.4) is 0 Å². The highest BCUT2D eigenvalue weighted by Crippen LogP contribution is 2.23. The third-order valence-corrected chi connectivity index (χ3v) is 4.21. The van der Waals surface area contributed by atoms with E-state index in [1.165, 1.54) is 49.9 Å². The fourth-order valence-electron chi connectivity index (χ4n) is 2.90. The van der Waals surface area contributed by atoms with Gasteiger partial charge in [-0.05, 0) is 56.8 Å². The van der Waals surface area contributed by atoms with E-state index in [4.69, 9.17) is 5.73 Å². The Kier molecular flexibility index (Phi) is 4.65. The van der Waals surface area contributed by atoms with E-state index >= 15 is 0 Å². The first-order valence-corrected chi connectivity index (χ1v) is 7.26. The summed E-state index contributed by atoms with van der Waals surface area (Å²) in [5.74, 6) is 0.935. The van der Waals surface area contributed by atoms with Crippen molar-refractivity contribution in [3.05, 3.63) is 29.3 Å². The van der Waals surface area contributed by atoms with Crippen LogP contribution in [0.4, 0.5) is 5.69 Å². The van der Waals surface area contributed by atoms with Crippen LogP contribution in [0.15, 0.2) is 18.2 Å². The summed E-state index contributed by atoms with van der Waals surface area (Å²) in [4.78, 5) is 2.57. The van der Waals surface area contributed by atoms with Crippen LogP contribution in [0, 0.1) is 12.8 Å². The van der Waals surface area contributed by atoms with Crippen LogP contribution in [0.5, 0.6) is 0 Å². The zero-order valence-electron chi connectivity index (χ0n) is 11.8. The van der Waals surface area contributed by atoms with Crippen LogP contribution in [0.2, 0.25) is 0 Å². The molecule has 2 N–H and O–H groups in total. The van der Waals surface area contributed by atoms with Crippen molar-refractivity contribution in [2.45, 2.75) is 46.1 Å². The Hall–Kier alpha value is -1.02. The molecule has 1 fully saturated rings. The molecule has 0 aromatic heterocycles. The number of nitrogens with zero attached hydrogens (tertiary/aromatic N) is 1. The maximum atomic E-state index is 6.07. The second kappa shape index (κ2) is 6.24. The molecule has 0 saturated carbocycles. The molecule has 0 amide bonds. The molecule has 0 radical (unpaired) electrons.